The van der Waals surface area contributed by atoms with E-state index in [9.17, 15) is 0 Å². The molecule has 0 unspecified atom stereocenters. The van der Waals surface area contributed by atoms with Crippen LogP contribution in [0, 0.1) is 47.4 Å². The lowest BCUT2D eigenvalue weighted by Crippen LogP contribution is -1.77. The number of aliphatic hydroxyl groups excluding tert-OH is 1. The van der Waals surface area contributed by atoms with Gasteiger partial charge in [0.2, 0.25) is 0 Å². The molecule has 0 saturated carbocycles. The Kier molecular flexibility index (Phi) is 10.7. The molecule has 0 aromatic heterocycles. The third-order valence-electron chi connectivity index (χ3n) is 1.32. The molecule has 0 rings (SSSR count). The van der Waals surface area contributed by atoms with E-state index in [1.165, 1.54) is 0 Å². The lowest BCUT2D eigenvalue weighted by molar-refractivity contribution is 0.290. The Bertz CT molecular complexity index is 388. The maximum absolute atomic E-state index is 8.47. The first-order chi connectivity index (χ1) is 7.41. The van der Waals surface area contributed by atoms with Crippen molar-refractivity contribution in [3.8, 4) is 47.4 Å². The van der Waals surface area contributed by atoms with Gasteiger partial charge in [-0.25, -0.2) is 0 Å². The van der Waals surface area contributed by atoms with Crippen molar-refractivity contribution >= 4 is 0 Å². The minimum atomic E-state index is 0.176. The van der Waals surface area contributed by atoms with Gasteiger partial charge in [0, 0.05) is 19.4 Å². The fourth-order valence-corrected chi connectivity index (χ4v) is 0.631. The molecule has 0 atom stereocenters. The Hall–Kier alpha value is -1.80. The molecule has 0 amide bonds. The van der Waals surface area contributed by atoms with Crippen LogP contribution in [-0.2, 0) is 0 Å². The third kappa shape index (κ3) is 12.2. The van der Waals surface area contributed by atoms with E-state index in [2.05, 4.69) is 54.3 Å². The topological polar surface area (TPSA) is 20.2 Å². The molecule has 1 nitrogen and oxygen atoms in total. The molecule has 0 aromatic carbocycles. The van der Waals surface area contributed by atoms with Crippen LogP contribution < -0.4 is 0 Å². The van der Waals surface area contributed by atoms with Crippen molar-refractivity contribution in [3.63, 3.8) is 0 Å². The molecule has 0 spiro atoms. The zero-order valence-corrected chi connectivity index (χ0v) is 8.98. The monoisotopic (exact) mass is 198 g/mol. The molecule has 0 aliphatic heterocycles. The first-order valence-electron chi connectivity index (χ1n) is 4.98. The number of aliphatic hydroxyl groups is 1. The van der Waals surface area contributed by atoms with Crippen LogP contribution in [0.2, 0.25) is 0 Å². The van der Waals surface area contributed by atoms with E-state index >= 15 is 0 Å². The SMILES string of the molecule is CCCC#CC#CC#CC#CCCCO. The fraction of sp³-hybridized carbons (Fsp3) is 0.429. The summed E-state index contributed by atoms with van der Waals surface area (Å²) in [6.45, 7) is 2.25. The average molecular weight is 198 g/mol. The van der Waals surface area contributed by atoms with Crippen molar-refractivity contribution in [1.82, 2.24) is 0 Å². The van der Waals surface area contributed by atoms with Gasteiger partial charge in [-0.2, -0.15) is 0 Å². The predicted octanol–water partition coefficient (Wildman–Crippen LogP) is 1.57. The number of rotatable bonds is 3. The largest absolute Gasteiger partial charge is 0.396 e. The van der Waals surface area contributed by atoms with Gasteiger partial charge in [-0.05, 0) is 48.4 Å². The number of hydrogen-bond acceptors (Lipinski definition) is 1. The maximum atomic E-state index is 8.47. The van der Waals surface area contributed by atoms with Crippen molar-refractivity contribution in [1.29, 1.82) is 0 Å². The highest BCUT2D eigenvalue weighted by Crippen LogP contribution is 1.81. The molecular formula is C14H14O. The summed E-state index contributed by atoms with van der Waals surface area (Å²) in [4.78, 5) is 0. The normalized spacial score (nSPS) is 6.53. The van der Waals surface area contributed by atoms with Crippen LogP contribution in [0.1, 0.15) is 32.6 Å². The van der Waals surface area contributed by atoms with Gasteiger partial charge in [0.25, 0.3) is 0 Å². The molecule has 0 radical (unpaired) electrons. The zero-order valence-electron chi connectivity index (χ0n) is 8.98. The van der Waals surface area contributed by atoms with Crippen molar-refractivity contribution in [3.05, 3.63) is 0 Å². The molecule has 15 heavy (non-hydrogen) atoms. The van der Waals surface area contributed by atoms with E-state index in [1.54, 1.807) is 0 Å². The number of unbranched alkanes of at least 4 members (excludes halogenated alkanes) is 2. The summed E-state index contributed by atoms with van der Waals surface area (Å²) in [7, 11) is 0. The molecule has 0 bridgehead atoms. The van der Waals surface area contributed by atoms with Crippen molar-refractivity contribution in [2.45, 2.75) is 32.6 Å². The van der Waals surface area contributed by atoms with Crippen LogP contribution in [0.3, 0.4) is 0 Å². The zero-order chi connectivity index (χ0) is 11.2. The second-order valence-electron chi connectivity index (χ2n) is 2.68. The van der Waals surface area contributed by atoms with Gasteiger partial charge in [0.1, 0.15) is 0 Å². The molecule has 1 heteroatoms. The molecule has 76 valence electrons. The summed E-state index contributed by atoms with van der Waals surface area (Å²) in [5.74, 6) is 21.5. The molecule has 0 heterocycles. The van der Waals surface area contributed by atoms with Gasteiger partial charge in [-0.3, -0.25) is 0 Å². The minimum Gasteiger partial charge on any atom is -0.396 e. The van der Waals surface area contributed by atoms with Gasteiger partial charge >= 0.3 is 0 Å². The van der Waals surface area contributed by atoms with Gasteiger partial charge in [0.15, 0.2) is 0 Å². The summed E-state index contributed by atoms with van der Waals surface area (Å²) < 4.78 is 0. The Morgan fingerprint density at radius 1 is 0.800 bits per heavy atom. The summed E-state index contributed by atoms with van der Waals surface area (Å²) in [6.07, 6.45) is 3.30. The summed E-state index contributed by atoms with van der Waals surface area (Å²) in [6, 6.07) is 0. The standard InChI is InChI=1S/C14H14O/c1-2-3-4-5-6-7-8-9-10-11-12-13-14-15/h15H,2-3,12-14H2,1H3. The highest BCUT2D eigenvalue weighted by atomic mass is 16.2. The van der Waals surface area contributed by atoms with E-state index in [0.717, 1.165) is 12.8 Å². The Balaban J connectivity index is 3.78. The van der Waals surface area contributed by atoms with E-state index in [4.69, 9.17) is 5.11 Å². The Labute approximate surface area is 92.3 Å². The van der Waals surface area contributed by atoms with Gasteiger partial charge in [-0.15, -0.1) is 0 Å². The van der Waals surface area contributed by atoms with Crippen LogP contribution in [-0.4, -0.2) is 11.7 Å². The van der Waals surface area contributed by atoms with E-state index in [-0.39, 0.29) is 6.61 Å². The summed E-state index contributed by atoms with van der Waals surface area (Å²) in [5.41, 5.74) is 0. The Morgan fingerprint density at radius 3 is 1.87 bits per heavy atom. The van der Waals surface area contributed by atoms with Crippen LogP contribution >= 0.6 is 0 Å². The van der Waals surface area contributed by atoms with Gasteiger partial charge in [0.05, 0.1) is 0 Å². The van der Waals surface area contributed by atoms with Crippen LogP contribution in [0.4, 0.5) is 0 Å². The minimum absolute atomic E-state index is 0.176. The summed E-state index contributed by atoms with van der Waals surface area (Å²) >= 11 is 0. The molecule has 0 aliphatic carbocycles. The van der Waals surface area contributed by atoms with E-state index < -0.39 is 0 Å². The number of hydrogen-bond donors (Lipinski definition) is 1. The van der Waals surface area contributed by atoms with Crippen LogP contribution in [0.15, 0.2) is 0 Å². The lowest BCUT2D eigenvalue weighted by atomic mass is 10.3. The van der Waals surface area contributed by atoms with Crippen LogP contribution in [0.5, 0.6) is 0 Å². The maximum Gasteiger partial charge on any atom is 0.0440 e. The summed E-state index contributed by atoms with van der Waals surface area (Å²) in [5, 5.41) is 8.47. The lowest BCUT2D eigenvalue weighted by Gasteiger charge is -1.80. The van der Waals surface area contributed by atoms with Gasteiger partial charge < -0.3 is 5.11 Å². The highest BCUT2D eigenvalue weighted by molar-refractivity contribution is 5.39. The predicted molar refractivity (Wildman–Crippen MR) is 62.3 cm³/mol. The average Bonchev–Trinajstić information content (AvgIpc) is 2.26. The third-order valence-corrected chi connectivity index (χ3v) is 1.32. The highest BCUT2D eigenvalue weighted by Gasteiger charge is 1.74. The Morgan fingerprint density at radius 2 is 1.33 bits per heavy atom. The quantitative estimate of drug-likeness (QED) is 0.539. The van der Waals surface area contributed by atoms with E-state index in [1.807, 2.05) is 0 Å². The van der Waals surface area contributed by atoms with Gasteiger partial charge in [-0.1, -0.05) is 18.8 Å². The smallest absolute Gasteiger partial charge is 0.0440 e. The van der Waals surface area contributed by atoms with Crippen LogP contribution in [0.25, 0.3) is 0 Å². The van der Waals surface area contributed by atoms with E-state index in [0.29, 0.717) is 12.8 Å². The molecular weight excluding hydrogens is 184 g/mol. The first kappa shape index (κ1) is 13.2. The molecule has 0 aliphatic rings. The molecule has 0 saturated heterocycles. The van der Waals surface area contributed by atoms with Crippen molar-refractivity contribution < 1.29 is 5.11 Å². The molecule has 0 fully saturated rings. The van der Waals surface area contributed by atoms with Crippen molar-refractivity contribution in [2.24, 2.45) is 0 Å². The second-order valence-corrected chi connectivity index (χ2v) is 2.68. The van der Waals surface area contributed by atoms with Crippen molar-refractivity contribution in [2.75, 3.05) is 6.61 Å². The molecule has 0 aromatic rings. The fourth-order valence-electron chi connectivity index (χ4n) is 0.631. The molecule has 1 N–H and O–H groups in total. The second kappa shape index (κ2) is 12.2. The first-order valence-corrected chi connectivity index (χ1v) is 4.98.